The summed E-state index contributed by atoms with van der Waals surface area (Å²) < 4.78 is 2.66. The van der Waals surface area contributed by atoms with E-state index >= 15 is 0 Å². The van der Waals surface area contributed by atoms with Gasteiger partial charge in [-0.15, -0.1) is 11.3 Å². The molecule has 0 bridgehead atoms. The molecule has 0 saturated carbocycles. The lowest BCUT2D eigenvalue weighted by Crippen LogP contribution is -2.09. The first-order valence-electron chi connectivity index (χ1n) is 18.5. The van der Waals surface area contributed by atoms with Gasteiger partial charge in [0.1, 0.15) is 0 Å². The SMILES string of the molecule is c1ccc(-c2ccc(N(c3ccc(-c4ccc5c(ccc6ccc7ccccc7c65)c4)cc3)c3ccc4c(ccc5sc6ccccc6c54)c3)cc2)cc1. The summed E-state index contributed by atoms with van der Waals surface area (Å²) in [5.41, 5.74) is 8.20. The van der Waals surface area contributed by atoms with Crippen LogP contribution in [0.4, 0.5) is 17.1 Å². The number of benzene rings is 10. The Balaban J connectivity index is 1.01. The highest BCUT2D eigenvalue weighted by Crippen LogP contribution is 2.42. The first-order valence-corrected chi connectivity index (χ1v) is 19.3. The molecule has 0 fully saturated rings. The van der Waals surface area contributed by atoms with Crippen molar-refractivity contribution in [3.8, 4) is 22.3 Å². The number of thiophene rings is 1. The fourth-order valence-corrected chi connectivity index (χ4v) is 9.50. The van der Waals surface area contributed by atoms with E-state index in [0.717, 1.165) is 17.1 Å². The van der Waals surface area contributed by atoms with Gasteiger partial charge in [-0.25, -0.2) is 0 Å². The van der Waals surface area contributed by atoms with E-state index in [0.29, 0.717) is 0 Å². The molecular weight excluding hydrogens is 671 g/mol. The molecule has 54 heavy (non-hydrogen) atoms. The normalized spacial score (nSPS) is 11.7. The zero-order chi connectivity index (χ0) is 35.6. The van der Waals surface area contributed by atoms with Crippen molar-refractivity contribution in [2.75, 3.05) is 4.90 Å². The molecule has 0 aliphatic carbocycles. The van der Waals surface area contributed by atoms with Crippen molar-refractivity contribution in [2.45, 2.75) is 0 Å². The summed E-state index contributed by atoms with van der Waals surface area (Å²) in [6.45, 7) is 0. The molecule has 11 rings (SSSR count). The van der Waals surface area contributed by atoms with Crippen molar-refractivity contribution in [3.63, 3.8) is 0 Å². The van der Waals surface area contributed by atoms with Crippen LogP contribution in [0.25, 0.3) is 85.5 Å². The molecule has 0 unspecified atom stereocenters. The second kappa shape index (κ2) is 12.4. The van der Waals surface area contributed by atoms with Crippen LogP contribution in [0.5, 0.6) is 0 Å². The van der Waals surface area contributed by atoms with Crippen LogP contribution in [0, 0.1) is 0 Å². The summed E-state index contributed by atoms with van der Waals surface area (Å²) >= 11 is 1.87. The monoisotopic (exact) mass is 703 g/mol. The standard InChI is InChI=1S/C52H33NS/c1-2-8-34(9-3-1)35-18-24-42(25-19-35)53(44-28-30-47-41(33-44)23-31-50-52(47)48-12-6-7-13-49(48)54-50)43-26-20-36(21-27-43)39-22-29-46-40(32-39)17-16-38-15-14-37-10-4-5-11-45(37)51(38)46/h1-33H. The molecule has 0 N–H and O–H groups in total. The first kappa shape index (κ1) is 30.8. The second-order valence-electron chi connectivity index (χ2n) is 14.1. The lowest BCUT2D eigenvalue weighted by molar-refractivity contribution is 1.29. The van der Waals surface area contributed by atoms with Crippen molar-refractivity contribution in [1.29, 1.82) is 0 Å². The molecule has 1 heterocycles. The molecule has 0 amide bonds. The maximum Gasteiger partial charge on any atom is 0.0468 e. The van der Waals surface area contributed by atoms with Gasteiger partial charge in [0.05, 0.1) is 0 Å². The van der Waals surface area contributed by atoms with E-state index in [4.69, 9.17) is 0 Å². The Morgan fingerprint density at radius 2 is 0.796 bits per heavy atom. The molecule has 11 aromatic rings. The zero-order valence-corrected chi connectivity index (χ0v) is 30.2. The fourth-order valence-electron chi connectivity index (χ4n) is 8.38. The minimum atomic E-state index is 1.12. The Kier molecular flexibility index (Phi) is 7.11. The first-order chi connectivity index (χ1) is 26.7. The summed E-state index contributed by atoms with van der Waals surface area (Å²) in [5.74, 6) is 0. The molecule has 0 atom stereocenters. The lowest BCUT2D eigenvalue weighted by Gasteiger charge is -2.26. The van der Waals surface area contributed by atoms with Gasteiger partial charge in [0.2, 0.25) is 0 Å². The Hall–Kier alpha value is -6.74. The molecule has 10 aromatic carbocycles. The molecule has 2 heteroatoms. The maximum atomic E-state index is 2.38. The smallest absolute Gasteiger partial charge is 0.0468 e. The van der Waals surface area contributed by atoms with Crippen LogP contribution in [-0.4, -0.2) is 0 Å². The Morgan fingerprint density at radius 1 is 0.278 bits per heavy atom. The van der Waals surface area contributed by atoms with Gasteiger partial charge in [0.25, 0.3) is 0 Å². The molecule has 1 aromatic heterocycles. The average Bonchev–Trinajstić information content (AvgIpc) is 3.63. The lowest BCUT2D eigenvalue weighted by atomic mass is 9.94. The molecule has 252 valence electrons. The maximum absolute atomic E-state index is 2.38. The number of hydrogen-bond donors (Lipinski definition) is 0. The number of hydrogen-bond acceptors (Lipinski definition) is 2. The van der Waals surface area contributed by atoms with Crippen LogP contribution >= 0.6 is 11.3 Å². The van der Waals surface area contributed by atoms with Gasteiger partial charge < -0.3 is 4.90 Å². The number of rotatable bonds is 5. The highest BCUT2D eigenvalue weighted by Gasteiger charge is 2.16. The summed E-state index contributed by atoms with van der Waals surface area (Å²) in [6.07, 6.45) is 0. The van der Waals surface area contributed by atoms with Crippen molar-refractivity contribution < 1.29 is 0 Å². The van der Waals surface area contributed by atoms with Gasteiger partial charge in [-0.1, -0.05) is 146 Å². The van der Waals surface area contributed by atoms with Gasteiger partial charge >= 0.3 is 0 Å². The van der Waals surface area contributed by atoms with Gasteiger partial charge in [0.15, 0.2) is 0 Å². The summed E-state index contributed by atoms with van der Waals surface area (Å²) in [6, 6.07) is 73.5. The van der Waals surface area contributed by atoms with E-state index in [2.05, 4.69) is 205 Å². The third-order valence-corrected chi connectivity index (χ3v) is 12.2. The largest absolute Gasteiger partial charge is 0.310 e. The van der Waals surface area contributed by atoms with Crippen LogP contribution in [0.1, 0.15) is 0 Å². The number of fused-ring (bicyclic) bond motifs is 10. The third-order valence-electron chi connectivity index (χ3n) is 11.0. The minimum absolute atomic E-state index is 1.12. The van der Waals surface area contributed by atoms with Crippen LogP contribution in [-0.2, 0) is 0 Å². The van der Waals surface area contributed by atoms with Crippen LogP contribution < -0.4 is 4.90 Å². The highest BCUT2D eigenvalue weighted by molar-refractivity contribution is 7.26. The molecule has 0 aliphatic rings. The third kappa shape index (κ3) is 5.07. The van der Waals surface area contributed by atoms with Crippen molar-refractivity contribution >= 4 is 91.7 Å². The minimum Gasteiger partial charge on any atom is -0.310 e. The molecule has 1 nitrogen and oxygen atoms in total. The van der Waals surface area contributed by atoms with E-state index in [1.807, 2.05) is 11.3 Å². The quantitative estimate of drug-likeness (QED) is 0.161. The molecule has 0 aliphatic heterocycles. The predicted octanol–water partition coefficient (Wildman–Crippen LogP) is 15.5. The summed E-state index contributed by atoms with van der Waals surface area (Å²) in [5, 5.41) is 12.9. The fraction of sp³-hybridized carbons (Fsp3) is 0. The van der Waals surface area contributed by atoms with E-state index < -0.39 is 0 Å². The number of nitrogens with zero attached hydrogens (tertiary/aromatic N) is 1. The number of anilines is 3. The molecule has 0 spiro atoms. The van der Waals surface area contributed by atoms with Gasteiger partial charge in [-0.3, -0.25) is 0 Å². The predicted molar refractivity (Wildman–Crippen MR) is 235 cm³/mol. The zero-order valence-electron chi connectivity index (χ0n) is 29.4. The summed E-state index contributed by atoms with van der Waals surface area (Å²) in [4.78, 5) is 2.38. The van der Waals surface area contributed by atoms with E-state index in [1.165, 1.54) is 85.5 Å². The van der Waals surface area contributed by atoms with E-state index in [1.54, 1.807) is 0 Å². The van der Waals surface area contributed by atoms with E-state index in [-0.39, 0.29) is 0 Å². The Bertz CT molecular complexity index is 3190. The highest BCUT2D eigenvalue weighted by atomic mass is 32.1. The van der Waals surface area contributed by atoms with Crippen LogP contribution in [0.2, 0.25) is 0 Å². The second-order valence-corrected chi connectivity index (χ2v) is 15.2. The topological polar surface area (TPSA) is 3.24 Å². The molecule has 0 radical (unpaired) electrons. The Morgan fingerprint density at radius 3 is 1.59 bits per heavy atom. The van der Waals surface area contributed by atoms with Crippen molar-refractivity contribution in [2.24, 2.45) is 0 Å². The summed E-state index contributed by atoms with van der Waals surface area (Å²) in [7, 11) is 0. The van der Waals surface area contributed by atoms with E-state index in [9.17, 15) is 0 Å². The van der Waals surface area contributed by atoms with Gasteiger partial charge in [0, 0.05) is 37.2 Å². The van der Waals surface area contributed by atoms with Crippen LogP contribution in [0.15, 0.2) is 200 Å². The average molecular weight is 704 g/mol. The Labute approximate surface area is 317 Å². The van der Waals surface area contributed by atoms with Crippen molar-refractivity contribution in [1.82, 2.24) is 0 Å². The van der Waals surface area contributed by atoms with Crippen LogP contribution in [0.3, 0.4) is 0 Å². The van der Waals surface area contributed by atoms with Crippen molar-refractivity contribution in [3.05, 3.63) is 200 Å². The molecular formula is C52H33NS. The van der Waals surface area contributed by atoms with Gasteiger partial charge in [-0.2, -0.15) is 0 Å². The molecule has 0 saturated heterocycles. The van der Waals surface area contributed by atoms with Gasteiger partial charge in [-0.05, 0) is 120 Å².